The normalized spacial score (nSPS) is 15.0. The number of imidazole rings is 1. The van der Waals surface area contributed by atoms with E-state index in [0.29, 0.717) is 11.3 Å². The number of hydrogen-bond donors (Lipinski definition) is 1. The lowest BCUT2D eigenvalue weighted by atomic mass is 10.3. The average Bonchev–Trinajstić information content (AvgIpc) is 2.58. The first-order valence-corrected chi connectivity index (χ1v) is 7.40. The number of aryl methyl sites for hydroxylation is 1. The Morgan fingerprint density at radius 3 is 3.00 bits per heavy atom. The van der Waals surface area contributed by atoms with Gasteiger partial charge < -0.3 is 9.55 Å². The minimum Gasteiger partial charge on any atom is -0.329 e. The molecule has 2 aromatic rings. The van der Waals surface area contributed by atoms with Gasteiger partial charge in [-0.2, -0.15) is 0 Å². The third-order valence-electron chi connectivity index (χ3n) is 2.88. The smallest absolute Gasteiger partial charge is 0.179 e. The number of nitrogens with one attached hydrogen (secondary N) is 1. The molecule has 0 amide bonds. The third-order valence-corrected chi connectivity index (χ3v) is 4.48. The Bertz CT molecular complexity index is 629. The van der Waals surface area contributed by atoms with E-state index in [1.54, 1.807) is 12.5 Å². The molecule has 0 aliphatic carbocycles. The molecule has 2 aromatic heterocycles. The topological polar surface area (TPSA) is 50.7 Å². The zero-order chi connectivity index (χ0) is 12.6. The molecule has 1 N–H and O–H groups in total. The predicted octanol–water partition coefficient (Wildman–Crippen LogP) is 2.17. The summed E-state index contributed by atoms with van der Waals surface area (Å²) in [5.74, 6) is 0. The Morgan fingerprint density at radius 2 is 2.35 bits per heavy atom. The molecule has 0 radical (unpaired) electrons. The Balaban J connectivity index is 2.54. The summed E-state index contributed by atoms with van der Waals surface area (Å²) in [4.78, 5) is 7.50. The molecule has 0 aliphatic heterocycles. The van der Waals surface area contributed by atoms with Crippen molar-refractivity contribution in [1.29, 1.82) is 0 Å². The summed E-state index contributed by atoms with van der Waals surface area (Å²) in [7, 11) is -0.860. The van der Waals surface area contributed by atoms with Crippen LogP contribution in [-0.2, 0) is 17.3 Å². The summed E-state index contributed by atoms with van der Waals surface area (Å²) in [5, 5.41) is 0.0583. The largest absolute Gasteiger partial charge is 0.329 e. The van der Waals surface area contributed by atoms with Crippen LogP contribution in [0.1, 0.15) is 12.5 Å². The number of pyridine rings is 1. The molecule has 0 saturated heterocycles. The van der Waals surface area contributed by atoms with Gasteiger partial charge in [0.05, 0.1) is 5.52 Å². The van der Waals surface area contributed by atoms with Gasteiger partial charge in [-0.1, -0.05) is 0 Å². The second kappa shape index (κ2) is 4.70. The fourth-order valence-electron chi connectivity index (χ4n) is 1.71. The van der Waals surface area contributed by atoms with Crippen molar-refractivity contribution >= 4 is 34.2 Å². The third kappa shape index (κ3) is 2.32. The maximum absolute atomic E-state index is 11.4. The second-order valence-corrected chi connectivity index (χ2v) is 6.37. The minimum atomic E-state index is -0.860. The lowest BCUT2D eigenvalue weighted by Gasteiger charge is -2.09. The number of H-pyrrole nitrogens is 1. The van der Waals surface area contributed by atoms with Gasteiger partial charge in [-0.25, -0.2) is 4.98 Å². The molecule has 92 valence electrons. The van der Waals surface area contributed by atoms with Crippen LogP contribution in [0.15, 0.2) is 12.3 Å². The van der Waals surface area contributed by atoms with Crippen LogP contribution in [0.4, 0.5) is 0 Å². The molecule has 6 heteroatoms. The zero-order valence-electron chi connectivity index (χ0n) is 10.1. The first kappa shape index (κ1) is 12.4. The Kier molecular flexibility index (Phi) is 3.44. The molecule has 2 atom stereocenters. The number of rotatable bonds is 3. The van der Waals surface area contributed by atoms with Crippen molar-refractivity contribution in [3.05, 3.63) is 22.6 Å². The van der Waals surface area contributed by atoms with Gasteiger partial charge in [0.1, 0.15) is 0 Å². The Hall–Kier alpha value is -1.01. The van der Waals surface area contributed by atoms with E-state index < -0.39 is 10.8 Å². The zero-order valence-corrected chi connectivity index (χ0v) is 11.7. The van der Waals surface area contributed by atoms with Gasteiger partial charge >= 0.3 is 0 Å². The van der Waals surface area contributed by atoms with Gasteiger partial charge in [-0.05, 0) is 37.7 Å². The van der Waals surface area contributed by atoms with E-state index in [1.807, 2.05) is 24.5 Å². The van der Waals surface area contributed by atoms with E-state index in [1.165, 1.54) is 0 Å². The van der Waals surface area contributed by atoms with E-state index in [-0.39, 0.29) is 5.25 Å². The van der Waals surface area contributed by atoms with E-state index in [0.717, 1.165) is 16.7 Å². The van der Waals surface area contributed by atoms with Gasteiger partial charge in [-0.15, -0.1) is 0 Å². The van der Waals surface area contributed by atoms with Gasteiger partial charge in [0.25, 0.3) is 0 Å². The van der Waals surface area contributed by atoms with Crippen LogP contribution >= 0.6 is 12.2 Å². The van der Waals surface area contributed by atoms with Crippen molar-refractivity contribution in [3.8, 4) is 0 Å². The molecule has 0 spiro atoms. The van der Waals surface area contributed by atoms with Gasteiger partial charge in [0.2, 0.25) is 0 Å². The molecule has 4 nitrogen and oxygen atoms in total. The lowest BCUT2D eigenvalue weighted by molar-refractivity contribution is 0.645. The first-order chi connectivity index (χ1) is 8.00. The Morgan fingerprint density at radius 1 is 1.65 bits per heavy atom. The fraction of sp³-hybridized carbons (Fsp3) is 0.455. The maximum atomic E-state index is 11.4. The highest BCUT2D eigenvalue weighted by Crippen LogP contribution is 2.16. The van der Waals surface area contributed by atoms with Crippen molar-refractivity contribution in [2.75, 3.05) is 6.26 Å². The summed E-state index contributed by atoms with van der Waals surface area (Å²) in [6.45, 7) is 4.59. The van der Waals surface area contributed by atoms with Crippen LogP contribution in [-0.4, -0.2) is 30.2 Å². The summed E-state index contributed by atoms with van der Waals surface area (Å²) in [6, 6.07) is 1.94. The van der Waals surface area contributed by atoms with Crippen LogP contribution in [0, 0.1) is 11.7 Å². The molecule has 17 heavy (non-hydrogen) atoms. The van der Waals surface area contributed by atoms with Crippen molar-refractivity contribution in [1.82, 2.24) is 14.5 Å². The quantitative estimate of drug-likeness (QED) is 0.869. The predicted molar refractivity (Wildman–Crippen MR) is 73.2 cm³/mol. The average molecular weight is 269 g/mol. The van der Waals surface area contributed by atoms with Crippen molar-refractivity contribution in [3.63, 3.8) is 0 Å². The van der Waals surface area contributed by atoms with Crippen LogP contribution in [0.25, 0.3) is 11.2 Å². The molecule has 0 fully saturated rings. The number of nitrogens with zero attached hydrogens (tertiary/aromatic N) is 2. The molecule has 0 aliphatic rings. The highest BCUT2D eigenvalue weighted by atomic mass is 32.2. The summed E-state index contributed by atoms with van der Waals surface area (Å²) < 4.78 is 14.0. The highest BCUT2D eigenvalue weighted by molar-refractivity contribution is 7.84. The maximum Gasteiger partial charge on any atom is 0.179 e. The molecular weight excluding hydrogens is 254 g/mol. The van der Waals surface area contributed by atoms with Crippen molar-refractivity contribution in [2.24, 2.45) is 0 Å². The first-order valence-electron chi connectivity index (χ1n) is 5.37. The van der Waals surface area contributed by atoms with Crippen LogP contribution < -0.4 is 0 Å². The van der Waals surface area contributed by atoms with Gasteiger partial charge in [-0.3, -0.25) is 4.21 Å². The van der Waals surface area contributed by atoms with Crippen LogP contribution in [0.5, 0.6) is 0 Å². The second-order valence-electron chi connectivity index (χ2n) is 4.18. The van der Waals surface area contributed by atoms with Crippen LogP contribution in [0.3, 0.4) is 0 Å². The molecular formula is C11H15N3OS2. The van der Waals surface area contributed by atoms with Gasteiger partial charge in [0.15, 0.2) is 10.4 Å². The number of aromatic amines is 1. The lowest BCUT2D eigenvalue weighted by Crippen LogP contribution is -2.17. The fourth-order valence-corrected chi connectivity index (χ4v) is 2.33. The van der Waals surface area contributed by atoms with E-state index in [9.17, 15) is 4.21 Å². The number of fused-ring (bicyclic) bond motifs is 1. The van der Waals surface area contributed by atoms with Crippen LogP contribution in [0.2, 0.25) is 0 Å². The van der Waals surface area contributed by atoms with E-state index in [2.05, 4.69) is 9.97 Å². The molecule has 0 aromatic carbocycles. The number of aromatic nitrogens is 3. The summed E-state index contributed by atoms with van der Waals surface area (Å²) in [6.07, 6.45) is 3.48. The molecule has 0 bridgehead atoms. The standard InChI is InChI=1S/C11H15N3OS2/c1-7-4-5-12-10-9(7)13-11(16)14(10)6-8(2)17(3)15/h4-5,8H,6H2,1-3H3,(H,13,16). The molecule has 0 saturated carbocycles. The molecule has 2 heterocycles. The number of hydrogen-bond acceptors (Lipinski definition) is 3. The Labute approximate surface area is 108 Å². The summed E-state index contributed by atoms with van der Waals surface area (Å²) >= 11 is 5.29. The molecule has 2 unspecified atom stereocenters. The highest BCUT2D eigenvalue weighted by Gasteiger charge is 2.12. The minimum absolute atomic E-state index is 0.0583. The van der Waals surface area contributed by atoms with Gasteiger partial charge in [0, 0.05) is 35.0 Å². The monoisotopic (exact) mass is 269 g/mol. The SMILES string of the molecule is Cc1ccnc2c1[nH]c(=S)n2CC(C)S(C)=O. The van der Waals surface area contributed by atoms with Crippen molar-refractivity contribution < 1.29 is 4.21 Å². The van der Waals surface area contributed by atoms with E-state index >= 15 is 0 Å². The summed E-state index contributed by atoms with van der Waals surface area (Å²) in [5.41, 5.74) is 2.92. The van der Waals surface area contributed by atoms with E-state index in [4.69, 9.17) is 12.2 Å². The van der Waals surface area contributed by atoms with Crippen molar-refractivity contribution in [2.45, 2.75) is 25.6 Å². The molecule has 2 rings (SSSR count).